The third-order valence-electron chi connectivity index (χ3n) is 5.66. The molecule has 0 radical (unpaired) electrons. The molecule has 6 nitrogen and oxygen atoms in total. The lowest BCUT2D eigenvalue weighted by molar-refractivity contribution is -0.134. The molecule has 168 valence electrons. The van der Waals surface area contributed by atoms with Crippen LogP contribution in [0.25, 0.3) is 0 Å². The summed E-state index contributed by atoms with van der Waals surface area (Å²) in [6.45, 7) is 2.14. The highest BCUT2D eigenvalue weighted by Crippen LogP contribution is 2.34. The fourth-order valence-corrected chi connectivity index (χ4v) is 5.47. The molecule has 2 aromatic carbocycles. The number of sulfonamides is 1. The van der Waals surface area contributed by atoms with Crippen LogP contribution >= 0.6 is 0 Å². The van der Waals surface area contributed by atoms with Gasteiger partial charge in [0.2, 0.25) is 15.9 Å². The number of aromatic nitrogens is 1. The molecule has 2 heterocycles. The second-order valence-corrected chi connectivity index (χ2v) is 9.46. The van der Waals surface area contributed by atoms with Crippen LogP contribution in [0.1, 0.15) is 24.2 Å². The number of carbonyl (C=O) groups excluding carboxylic acids is 1. The SMILES string of the molecule is CCN(CC(=O)N1CCn2cccc2C1c1ccc(F)cc1F)S(=O)(=O)c1ccccc1. The summed E-state index contributed by atoms with van der Waals surface area (Å²) >= 11 is 0. The van der Waals surface area contributed by atoms with Gasteiger partial charge >= 0.3 is 0 Å². The minimum absolute atomic E-state index is 0.1000. The van der Waals surface area contributed by atoms with Crippen molar-refractivity contribution in [3.05, 3.63) is 89.8 Å². The van der Waals surface area contributed by atoms with E-state index in [1.807, 2.05) is 10.8 Å². The molecule has 0 fully saturated rings. The molecule has 1 unspecified atom stereocenters. The Morgan fingerprint density at radius 2 is 1.81 bits per heavy atom. The number of hydrogen-bond donors (Lipinski definition) is 0. The number of likely N-dealkylation sites (N-methyl/N-ethyl adjacent to an activating group) is 1. The van der Waals surface area contributed by atoms with Gasteiger partial charge in [-0.15, -0.1) is 0 Å². The van der Waals surface area contributed by atoms with E-state index in [0.29, 0.717) is 12.2 Å². The second-order valence-electron chi connectivity index (χ2n) is 7.53. The molecule has 0 spiro atoms. The third-order valence-corrected chi connectivity index (χ3v) is 7.60. The van der Waals surface area contributed by atoms with E-state index in [9.17, 15) is 22.0 Å². The van der Waals surface area contributed by atoms with Crippen LogP contribution in [0.2, 0.25) is 0 Å². The molecular formula is C23H23F2N3O3S. The normalized spacial score (nSPS) is 16.2. The fourth-order valence-electron chi connectivity index (χ4n) is 4.05. The Morgan fingerprint density at radius 1 is 1.06 bits per heavy atom. The van der Waals surface area contributed by atoms with E-state index in [2.05, 4.69) is 0 Å². The van der Waals surface area contributed by atoms with E-state index in [1.54, 1.807) is 37.3 Å². The number of halogens is 2. The van der Waals surface area contributed by atoms with Gasteiger partial charge in [0.05, 0.1) is 11.4 Å². The number of fused-ring (bicyclic) bond motifs is 1. The lowest BCUT2D eigenvalue weighted by Gasteiger charge is -2.38. The summed E-state index contributed by atoms with van der Waals surface area (Å²) in [5.41, 5.74) is 0.845. The minimum atomic E-state index is -3.87. The molecule has 1 aliphatic heterocycles. The van der Waals surface area contributed by atoms with Gasteiger partial charge in [0.1, 0.15) is 17.7 Å². The van der Waals surface area contributed by atoms with Crippen molar-refractivity contribution < 1.29 is 22.0 Å². The van der Waals surface area contributed by atoms with Crippen molar-refractivity contribution in [1.29, 1.82) is 0 Å². The Hall–Kier alpha value is -3.04. The molecular weight excluding hydrogens is 436 g/mol. The number of rotatable bonds is 6. The van der Waals surface area contributed by atoms with E-state index in [4.69, 9.17) is 0 Å². The second kappa shape index (κ2) is 8.84. The van der Waals surface area contributed by atoms with Gasteiger partial charge in [-0.1, -0.05) is 31.2 Å². The summed E-state index contributed by atoms with van der Waals surface area (Å²) in [4.78, 5) is 14.9. The number of hydrogen-bond acceptors (Lipinski definition) is 3. The molecule has 1 aliphatic rings. The number of nitrogens with zero attached hydrogens (tertiary/aromatic N) is 3. The van der Waals surface area contributed by atoms with Crippen molar-refractivity contribution >= 4 is 15.9 Å². The van der Waals surface area contributed by atoms with Gasteiger partial charge in [0.15, 0.2) is 0 Å². The molecule has 0 aliphatic carbocycles. The molecule has 1 amide bonds. The van der Waals surface area contributed by atoms with E-state index in [-0.39, 0.29) is 30.1 Å². The zero-order chi connectivity index (χ0) is 22.9. The highest BCUT2D eigenvalue weighted by Gasteiger charge is 2.36. The van der Waals surface area contributed by atoms with Crippen molar-refractivity contribution in [1.82, 2.24) is 13.8 Å². The predicted octanol–water partition coefficient (Wildman–Crippen LogP) is 3.41. The van der Waals surface area contributed by atoms with E-state index >= 15 is 0 Å². The number of benzene rings is 2. The maximum absolute atomic E-state index is 14.7. The molecule has 0 N–H and O–H groups in total. The van der Waals surface area contributed by atoms with Gasteiger partial charge in [-0.3, -0.25) is 4.79 Å². The summed E-state index contributed by atoms with van der Waals surface area (Å²) < 4.78 is 57.3. The average molecular weight is 460 g/mol. The first-order valence-corrected chi connectivity index (χ1v) is 11.7. The first kappa shape index (κ1) is 22.2. The van der Waals surface area contributed by atoms with Crippen LogP contribution in [0.15, 0.2) is 71.8 Å². The van der Waals surface area contributed by atoms with Crippen molar-refractivity contribution in [3.63, 3.8) is 0 Å². The Kier molecular flexibility index (Phi) is 6.12. The predicted molar refractivity (Wildman–Crippen MR) is 115 cm³/mol. The summed E-state index contributed by atoms with van der Waals surface area (Å²) in [6, 6.07) is 14.0. The van der Waals surface area contributed by atoms with Crippen molar-refractivity contribution in [3.8, 4) is 0 Å². The Labute approximate surface area is 185 Å². The van der Waals surface area contributed by atoms with Crippen LogP contribution in [0.4, 0.5) is 8.78 Å². The third kappa shape index (κ3) is 4.05. The Bertz CT molecular complexity index is 1230. The molecule has 0 saturated carbocycles. The molecule has 4 rings (SSSR count). The van der Waals surface area contributed by atoms with Gasteiger partial charge in [0, 0.05) is 43.2 Å². The highest BCUT2D eigenvalue weighted by molar-refractivity contribution is 7.89. The number of carbonyl (C=O) groups is 1. The molecule has 9 heteroatoms. The lowest BCUT2D eigenvalue weighted by atomic mass is 9.99. The quantitative estimate of drug-likeness (QED) is 0.568. The Morgan fingerprint density at radius 3 is 2.50 bits per heavy atom. The highest BCUT2D eigenvalue weighted by atomic mass is 32.2. The van der Waals surface area contributed by atoms with Gasteiger partial charge in [0.25, 0.3) is 0 Å². The zero-order valence-electron chi connectivity index (χ0n) is 17.5. The Balaban J connectivity index is 1.67. The minimum Gasteiger partial charge on any atom is -0.348 e. The van der Waals surface area contributed by atoms with E-state index in [1.165, 1.54) is 23.1 Å². The summed E-state index contributed by atoms with van der Waals surface area (Å²) in [7, 11) is -3.87. The smallest absolute Gasteiger partial charge is 0.243 e. The van der Waals surface area contributed by atoms with Crippen LogP contribution in [0.3, 0.4) is 0 Å². The molecule has 3 aromatic rings. The molecule has 32 heavy (non-hydrogen) atoms. The largest absolute Gasteiger partial charge is 0.348 e. The van der Waals surface area contributed by atoms with Crippen molar-refractivity contribution in [2.75, 3.05) is 19.6 Å². The van der Waals surface area contributed by atoms with E-state index in [0.717, 1.165) is 16.4 Å². The standard InChI is InChI=1S/C23H23F2N3O3S/c1-2-27(32(30,31)18-7-4-3-5-8-18)16-22(29)28-14-13-26-12-6-9-21(26)23(28)19-11-10-17(24)15-20(19)25/h3-12,15,23H,2,13-14,16H2,1H3. The maximum Gasteiger partial charge on any atom is 0.243 e. The molecule has 1 aromatic heterocycles. The molecule has 1 atom stereocenters. The van der Waals surface area contributed by atoms with Gasteiger partial charge < -0.3 is 9.47 Å². The van der Waals surface area contributed by atoms with Crippen LogP contribution in [-0.2, 0) is 21.4 Å². The topological polar surface area (TPSA) is 62.6 Å². The van der Waals surface area contributed by atoms with Gasteiger partial charge in [-0.05, 0) is 30.3 Å². The summed E-state index contributed by atoms with van der Waals surface area (Å²) in [5, 5.41) is 0. The summed E-state index contributed by atoms with van der Waals surface area (Å²) in [5.74, 6) is -1.92. The lowest BCUT2D eigenvalue weighted by Crippen LogP contribution is -2.48. The van der Waals surface area contributed by atoms with Crippen molar-refractivity contribution in [2.24, 2.45) is 0 Å². The zero-order valence-corrected chi connectivity index (χ0v) is 18.3. The van der Waals surface area contributed by atoms with Crippen LogP contribution in [0, 0.1) is 11.6 Å². The summed E-state index contributed by atoms with van der Waals surface area (Å²) in [6.07, 6.45) is 1.84. The monoisotopic (exact) mass is 459 g/mol. The molecule has 0 saturated heterocycles. The van der Waals surface area contributed by atoms with Gasteiger partial charge in [-0.25, -0.2) is 17.2 Å². The van der Waals surface area contributed by atoms with Crippen molar-refractivity contribution in [2.45, 2.75) is 24.4 Å². The average Bonchev–Trinajstić information content (AvgIpc) is 3.26. The van der Waals surface area contributed by atoms with Crippen LogP contribution in [0.5, 0.6) is 0 Å². The first-order valence-electron chi connectivity index (χ1n) is 10.3. The van der Waals surface area contributed by atoms with Crippen LogP contribution in [-0.4, -0.2) is 47.7 Å². The molecule has 0 bridgehead atoms. The maximum atomic E-state index is 14.7. The number of amides is 1. The van der Waals surface area contributed by atoms with Gasteiger partial charge in [-0.2, -0.15) is 4.31 Å². The first-order chi connectivity index (χ1) is 15.3. The fraction of sp³-hybridized carbons (Fsp3) is 0.261. The van der Waals surface area contributed by atoms with Crippen LogP contribution < -0.4 is 0 Å². The van der Waals surface area contributed by atoms with E-state index < -0.39 is 33.6 Å².